The smallest absolute Gasteiger partial charge is 0.262 e. The van der Waals surface area contributed by atoms with Crippen LogP contribution in [0.5, 0.6) is 0 Å². The summed E-state index contributed by atoms with van der Waals surface area (Å²) in [5.74, 6) is -0.760. The van der Waals surface area contributed by atoms with Gasteiger partial charge in [-0.25, -0.2) is 15.0 Å². The third kappa shape index (κ3) is 5.11. The van der Waals surface area contributed by atoms with Crippen molar-refractivity contribution in [1.29, 1.82) is 0 Å². The van der Waals surface area contributed by atoms with Crippen molar-refractivity contribution in [3.05, 3.63) is 115 Å². The number of aromatic nitrogens is 4. The van der Waals surface area contributed by atoms with Gasteiger partial charge >= 0.3 is 0 Å². The van der Waals surface area contributed by atoms with Gasteiger partial charge in [-0.05, 0) is 40.0 Å². The Hall–Kier alpha value is -4.73. The molecular formula is C34H33N5O3Si. The Bertz CT molecular complexity index is 1770. The van der Waals surface area contributed by atoms with E-state index in [2.05, 4.69) is 89.6 Å². The van der Waals surface area contributed by atoms with Gasteiger partial charge in [-0.1, -0.05) is 81.4 Å². The first-order chi connectivity index (χ1) is 20.8. The predicted molar refractivity (Wildman–Crippen MR) is 170 cm³/mol. The third-order valence-corrected chi connectivity index (χ3v) is 12.9. The molecule has 0 aliphatic carbocycles. The lowest BCUT2D eigenvalue weighted by atomic mass is 10.0. The van der Waals surface area contributed by atoms with E-state index < -0.39 is 20.1 Å². The average Bonchev–Trinajstić information content (AvgIpc) is 3.53. The van der Waals surface area contributed by atoms with Crippen molar-refractivity contribution in [2.75, 3.05) is 6.61 Å². The summed E-state index contributed by atoms with van der Waals surface area (Å²) in [4.78, 5) is 39.0. The maximum absolute atomic E-state index is 13.1. The van der Waals surface area contributed by atoms with Crippen molar-refractivity contribution < 1.29 is 14.0 Å². The number of carbonyl (C=O) groups excluding carboxylic acids is 2. The number of hydrogen-bond donors (Lipinski definition) is 1. The van der Waals surface area contributed by atoms with Crippen molar-refractivity contribution in [3.8, 4) is 0 Å². The summed E-state index contributed by atoms with van der Waals surface area (Å²) >= 11 is 0. The molecule has 0 saturated carbocycles. The number of aryl methyl sites for hydroxylation is 1. The molecular weight excluding hydrogens is 554 g/mol. The second-order valence-electron chi connectivity index (χ2n) is 11.6. The van der Waals surface area contributed by atoms with Crippen molar-refractivity contribution >= 4 is 52.7 Å². The van der Waals surface area contributed by atoms with E-state index in [0.29, 0.717) is 18.7 Å². The standard InChI is InChI=1S/C34H33N5O3Si/c1-34(2,3)43(24-13-6-4-7-14-24,25-15-8-5-9-16-25)42-22-12-21-39-23-27(26-17-10-18-37-31(26)39)28-29(33(41)38-32(28)40)30-35-19-11-20-36-30/h4-11,13-20,23H,12,21-22H2,1-3H3,(H,38,40,41). The quantitative estimate of drug-likeness (QED) is 0.156. The number of rotatable bonds is 9. The number of fused-ring (bicyclic) bond motifs is 1. The molecule has 2 amide bonds. The van der Waals surface area contributed by atoms with E-state index in [-0.39, 0.29) is 22.0 Å². The van der Waals surface area contributed by atoms with Gasteiger partial charge in [0.15, 0.2) is 5.82 Å². The molecule has 1 aliphatic rings. The van der Waals surface area contributed by atoms with Crippen LogP contribution in [0, 0.1) is 0 Å². The molecule has 0 unspecified atom stereocenters. The Morgan fingerprint density at radius 2 is 1.37 bits per heavy atom. The maximum atomic E-state index is 13.1. The van der Waals surface area contributed by atoms with Crippen LogP contribution in [0.15, 0.2) is 104 Å². The lowest BCUT2D eigenvalue weighted by molar-refractivity contribution is -0.122. The zero-order valence-corrected chi connectivity index (χ0v) is 25.4. The first kappa shape index (κ1) is 28.4. The van der Waals surface area contributed by atoms with E-state index in [1.165, 1.54) is 10.4 Å². The summed E-state index contributed by atoms with van der Waals surface area (Å²) in [5, 5.41) is 5.57. The minimum absolute atomic E-state index is 0.116. The molecule has 0 fully saturated rings. The normalized spacial score (nSPS) is 14.0. The highest BCUT2D eigenvalue weighted by atomic mass is 28.4. The zero-order chi connectivity index (χ0) is 30.0. The van der Waals surface area contributed by atoms with Gasteiger partial charge < -0.3 is 8.99 Å². The first-order valence-electron chi connectivity index (χ1n) is 14.4. The summed E-state index contributed by atoms with van der Waals surface area (Å²) in [6.45, 7) is 7.96. The number of imide groups is 1. The number of nitrogens with one attached hydrogen (secondary N) is 1. The summed E-state index contributed by atoms with van der Waals surface area (Å²) in [5.41, 5.74) is 1.79. The van der Waals surface area contributed by atoms with Crippen molar-refractivity contribution in [2.24, 2.45) is 0 Å². The van der Waals surface area contributed by atoms with Gasteiger partial charge in [-0.2, -0.15) is 0 Å². The van der Waals surface area contributed by atoms with Gasteiger partial charge in [-0.3, -0.25) is 14.9 Å². The van der Waals surface area contributed by atoms with Crippen LogP contribution >= 0.6 is 0 Å². The Balaban J connectivity index is 1.33. The SMILES string of the molecule is CC(C)(C)[Si](OCCCn1cc(C2=C(c3ncccn3)C(=O)NC2=O)c2cccnc21)(c1ccccc1)c1ccccc1. The second-order valence-corrected chi connectivity index (χ2v) is 15.9. The molecule has 9 heteroatoms. The van der Waals surface area contributed by atoms with Crippen LogP contribution in [0.3, 0.4) is 0 Å². The molecule has 8 nitrogen and oxygen atoms in total. The molecule has 0 bridgehead atoms. The van der Waals surface area contributed by atoms with Gasteiger partial charge in [0.1, 0.15) is 5.65 Å². The predicted octanol–water partition coefficient (Wildman–Crippen LogP) is 4.36. The van der Waals surface area contributed by atoms with E-state index in [4.69, 9.17) is 4.43 Å². The van der Waals surface area contributed by atoms with Crippen molar-refractivity contribution in [3.63, 3.8) is 0 Å². The molecule has 0 atom stereocenters. The van der Waals surface area contributed by atoms with Crippen molar-refractivity contribution in [1.82, 2.24) is 24.8 Å². The largest absolute Gasteiger partial charge is 0.407 e. The van der Waals surface area contributed by atoms with E-state index in [0.717, 1.165) is 17.5 Å². The van der Waals surface area contributed by atoms with Gasteiger partial charge in [0, 0.05) is 48.9 Å². The van der Waals surface area contributed by atoms with Gasteiger partial charge in [0.25, 0.3) is 20.1 Å². The molecule has 6 rings (SSSR count). The summed E-state index contributed by atoms with van der Waals surface area (Å²) in [6, 6.07) is 26.6. The van der Waals surface area contributed by atoms with Crippen LogP contribution in [0.1, 0.15) is 38.6 Å². The summed E-state index contributed by atoms with van der Waals surface area (Å²) in [7, 11) is -2.66. The molecule has 0 spiro atoms. The topological polar surface area (TPSA) is 99.0 Å². The zero-order valence-electron chi connectivity index (χ0n) is 24.4. The number of carbonyl (C=O) groups is 2. The molecule has 0 radical (unpaired) electrons. The van der Waals surface area contributed by atoms with Gasteiger partial charge in [0.05, 0.1) is 11.1 Å². The molecule has 4 heterocycles. The number of benzene rings is 2. The van der Waals surface area contributed by atoms with Crippen LogP contribution in [0.25, 0.3) is 22.2 Å². The fraction of sp³-hybridized carbons (Fsp3) is 0.206. The average molecular weight is 588 g/mol. The second kappa shape index (κ2) is 11.5. The van der Waals surface area contributed by atoms with E-state index in [9.17, 15) is 9.59 Å². The van der Waals surface area contributed by atoms with Crippen molar-refractivity contribution in [2.45, 2.75) is 38.8 Å². The molecule has 3 aromatic heterocycles. The fourth-order valence-electron chi connectivity index (χ4n) is 6.07. The lowest BCUT2D eigenvalue weighted by Crippen LogP contribution is -2.66. The molecule has 1 N–H and O–H groups in total. The first-order valence-corrected chi connectivity index (χ1v) is 16.3. The molecule has 0 saturated heterocycles. The lowest BCUT2D eigenvalue weighted by Gasteiger charge is -2.43. The van der Waals surface area contributed by atoms with E-state index in [1.807, 2.05) is 35.0 Å². The van der Waals surface area contributed by atoms with E-state index >= 15 is 0 Å². The minimum atomic E-state index is -2.66. The molecule has 2 aromatic carbocycles. The Morgan fingerprint density at radius 1 is 0.767 bits per heavy atom. The summed E-state index contributed by atoms with van der Waals surface area (Å²) in [6.07, 6.45) is 7.47. The number of hydrogen-bond acceptors (Lipinski definition) is 6. The van der Waals surface area contributed by atoms with Gasteiger partial charge in [-0.15, -0.1) is 0 Å². The Morgan fingerprint density at radius 3 is 2.00 bits per heavy atom. The third-order valence-electron chi connectivity index (χ3n) is 7.90. The Labute approximate surface area is 251 Å². The molecule has 5 aromatic rings. The van der Waals surface area contributed by atoms with Crippen LogP contribution in [0.4, 0.5) is 0 Å². The number of amides is 2. The number of nitrogens with zero attached hydrogens (tertiary/aromatic N) is 4. The molecule has 1 aliphatic heterocycles. The highest BCUT2D eigenvalue weighted by Gasteiger charge is 2.50. The van der Waals surface area contributed by atoms with Crippen LogP contribution in [-0.4, -0.2) is 46.3 Å². The number of pyridine rings is 1. The highest BCUT2D eigenvalue weighted by molar-refractivity contribution is 6.99. The fourth-order valence-corrected chi connectivity index (χ4v) is 10.7. The van der Waals surface area contributed by atoms with Crippen LogP contribution in [-0.2, 0) is 20.6 Å². The summed E-state index contributed by atoms with van der Waals surface area (Å²) < 4.78 is 9.12. The molecule has 43 heavy (non-hydrogen) atoms. The van der Waals surface area contributed by atoms with E-state index in [1.54, 1.807) is 24.7 Å². The van der Waals surface area contributed by atoms with Crippen LogP contribution < -0.4 is 15.7 Å². The van der Waals surface area contributed by atoms with Crippen LogP contribution in [0.2, 0.25) is 5.04 Å². The monoisotopic (exact) mass is 587 g/mol. The van der Waals surface area contributed by atoms with Gasteiger partial charge in [0.2, 0.25) is 0 Å². The Kier molecular flexibility index (Phi) is 7.60. The highest BCUT2D eigenvalue weighted by Crippen LogP contribution is 2.37. The maximum Gasteiger partial charge on any atom is 0.262 e. The molecule has 216 valence electrons. The minimum Gasteiger partial charge on any atom is -0.407 e.